The number of ether oxygens (including phenoxy) is 1. The number of aromatic amines is 1. The molecule has 0 aromatic carbocycles. The highest BCUT2D eigenvalue weighted by Crippen LogP contribution is 2.27. The minimum Gasteiger partial charge on any atom is -0.435 e. The van der Waals surface area contributed by atoms with Gasteiger partial charge in [-0.1, -0.05) is 11.6 Å². The quantitative estimate of drug-likeness (QED) is 0.763. The van der Waals surface area contributed by atoms with Crippen LogP contribution in [0.25, 0.3) is 11.2 Å². The lowest BCUT2D eigenvalue weighted by molar-refractivity contribution is 0.466. The number of imidazole rings is 1. The van der Waals surface area contributed by atoms with E-state index in [0.29, 0.717) is 33.8 Å². The van der Waals surface area contributed by atoms with Gasteiger partial charge in [0.15, 0.2) is 5.65 Å². The number of pyridine rings is 1. The largest absolute Gasteiger partial charge is 0.435 e. The van der Waals surface area contributed by atoms with Crippen LogP contribution in [0.5, 0.6) is 11.6 Å². The van der Waals surface area contributed by atoms with Crippen molar-refractivity contribution in [3.8, 4) is 11.6 Å². The zero-order valence-corrected chi connectivity index (χ0v) is 10.6. The lowest BCUT2D eigenvalue weighted by Crippen LogP contribution is -1.99. The van der Waals surface area contributed by atoms with Crippen molar-refractivity contribution in [1.82, 2.24) is 24.9 Å². The molecule has 3 aromatic rings. The fraction of sp³-hybridized carbons (Fsp3) is 0.0909. The molecule has 0 saturated heterocycles. The monoisotopic (exact) mass is 276 g/mol. The van der Waals surface area contributed by atoms with Crippen molar-refractivity contribution in [3.05, 3.63) is 29.8 Å². The second-order valence-electron chi connectivity index (χ2n) is 3.64. The molecule has 0 bridgehead atoms. The van der Waals surface area contributed by atoms with Crippen LogP contribution in [-0.2, 0) is 0 Å². The molecule has 0 spiro atoms. The van der Waals surface area contributed by atoms with E-state index in [4.69, 9.17) is 16.3 Å². The zero-order chi connectivity index (χ0) is 13.2. The number of anilines is 1. The van der Waals surface area contributed by atoms with Gasteiger partial charge >= 0.3 is 0 Å². The maximum absolute atomic E-state index is 5.86. The Hall–Kier alpha value is -2.41. The maximum Gasteiger partial charge on any atom is 0.250 e. The van der Waals surface area contributed by atoms with Crippen LogP contribution >= 0.6 is 11.6 Å². The maximum atomic E-state index is 5.86. The highest BCUT2D eigenvalue weighted by Gasteiger charge is 2.11. The molecular weight excluding hydrogens is 268 g/mol. The summed E-state index contributed by atoms with van der Waals surface area (Å²) >= 11 is 5.86. The Balaban J connectivity index is 2.06. The summed E-state index contributed by atoms with van der Waals surface area (Å²) in [5.74, 6) is 1.27. The molecule has 0 saturated carbocycles. The molecule has 0 aliphatic heterocycles. The summed E-state index contributed by atoms with van der Waals surface area (Å²) in [6.45, 7) is 0. The van der Waals surface area contributed by atoms with Gasteiger partial charge in [-0.25, -0.2) is 4.98 Å². The van der Waals surface area contributed by atoms with E-state index in [1.165, 1.54) is 12.5 Å². The molecule has 7 nitrogen and oxygen atoms in total. The third-order valence-electron chi connectivity index (χ3n) is 2.37. The summed E-state index contributed by atoms with van der Waals surface area (Å²) in [7, 11) is 1.72. The van der Waals surface area contributed by atoms with Crippen molar-refractivity contribution in [2.24, 2.45) is 0 Å². The van der Waals surface area contributed by atoms with Crippen LogP contribution in [0.2, 0.25) is 5.02 Å². The van der Waals surface area contributed by atoms with E-state index in [0.717, 1.165) is 0 Å². The molecule has 0 unspecified atom stereocenters. The molecule has 3 heterocycles. The predicted octanol–water partition coefficient (Wildman–Crippen LogP) is 2.24. The predicted molar refractivity (Wildman–Crippen MR) is 70.6 cm³/mol. The average Bonchev–Trinajstić information content (AvgIpc) is 2.87. The molecule has 3 rings (SSSR count). The lowest BCUT2D eigenvalue weighted by atomic mass is 10.4. The first-order valence-corrected chi connectivity index (χ1v) is 5.81. The van der Waals surface area contributed by atoms with E-state index in [2.05, 4.69) is 30.2 Å². The van der Waals surface area contributed by atoms with Crippen molar-refractivity contribution in [2.75, 3.05) is 12.4 Å². The Labute approximate surface area is 113 Å². The Morgan fingerprint density at radius 2 is 2.21 bits per heavy atom. The summed E-state index contributed by atoms with van der Waals surface area (Å²) < 4.78 is 5.66. The minimum absolute atomic E-state index is 0.357. The number of aromatic nitrogens is 5. The summed E-state index contributed by atoms with van der Waals surface area (Å²) in [5, 5.41) is 3.34. The van der Waals surface area contributed by atoms with E-state index in [-0.39, 0.29) is 0 Å². The van der Waals surface area contributed by atoms with E-state index >= 15 is 0 Å². The highest BCUT2D eigenvalue weighted by molar-refractivity contribution is 6.30. The third-order valence-corrected chi connectivity index (χ3v) is 2.58. The number of hydrogen-bond acceptors (Lipinski definition) is 6. The second-order valence-corrected chi connectivity index (χ2v) is 4.08. The van der Waals surface area contributed by atoms with Crippen LogP contribution < -0.4 is 10.1 Å². The topological polar surface area (TPSA) is 88.6 Å². The van der Waals surface area contributed by atoms with Crippen LogP contribution in [0.3, 0.4) is 0 Å². The Morgan fingerprint density at radius 1 is 1.32 bits per heavy atom. The molecule has 0 atom stereocenters. The molecule has 96 valence electrons. The van der Waals surface area contributed by atoms with Crippen molar-refractivity contribution in [3.63, 3.8) is 0 Å². The van der Waals surface area contributed by atoms with E-state index in [9.17, 15) is 0 Å². The van der Waals surface area contributed by atoms with E-state index in [1.807, 2.05) is 0 Å². The molecule has 0 radical (unpaired) electrons. The van der Waals surface area contributed by atoms with Crippen LogP contribution in [-0.4, -0.2) is 32.0 Å². The van der Waals surface area contributed by atoms with Crippen LogP contribution in [0.15, 0.2) is 24.8 Å². The number of halogens is 1. The van der Waals surface area contributed by atoms with Gasteiger partial charge in [-0.15, -0.1) is 0 Å². The number of H-pyrrole nitrogens is 1. The molecule has 3 aromatic heterocycles. The van der Waals surface area contributed by atoms with Crippen molar-refractivity contribution < 1.29 is 4.74 Å². The van der Waals surface area contributed by atoms with Gasteiger partial charge in [0.05, 0.1) is 17.5 Å². The zero-order valence-electron chi connectivity index (χ0n) is 9.88. The molecular formula is C11H9ClN6O. The molecule has 0 amide bonds. The standard InChI is InChI=1S/C11H9ClN6O/c1-13-11-17-9-8(15-5-16-9)10(18-11)19-7-2-6(12)3-14-4-7/h2-5H,1H3,(H2,13,15,16,17,18). The van der Waals surface area contributed by atoms with Crippen molar-refractivity contribution >= 4 is 28.7 Å². The summed E-state index contributed by atoms with van der Waals surface area (Å²) in [6, 6.07) is 1.65. The van der Waals surface area contributed by atoms with Gasteiger partial charge in [0.25, 0.3) is 5.88 Å². The Kier molecular flexibility index (Phi) is 2.88. The number of hydrogen-bond donors (Lipinski definition) is 2. The van der Waals surface area contributed by atoms with E-state index < -0.39 is 0 Å². The molecule has 0 fully saturated rings. The molecule has 8 heteroatoms. The number of fused-ring (bicyclic) bond motifs is 1. The molecule has 2 N–H and O–H groups in total. The first kappa shape index (κ1) is 11.7. The second kappa shape index (κ2) is 4.69. The normalized spacial score (nSPS) is 10.6. The first-order valence-electron chi connectivity index (χ1n) is 5.43. The number of rotatable bonds is 3. The summed E-state index contributed by atoms with van der Waals surface area (Å²) in [5.41, 5.74) is 1.13. The van der Waals surface area contributed by atoms with Crippen LogP contribution in [0.1, 0.15) is 0 Å². The molecule has 0 aliphatic carbocycles. The first-order chi connectivity index (χ1) is 9.26. The van der Waals surface area contributed by atoms with Crippen LogP contribution in [0, 0.1) is 0 Å². The van der Waals surface area contributed by atoms with Gasteiger partial charge in [0, 0.05) is 19.3 Å². The Morgan fingerprint density at radius 3 is 3.00 bits per heavy atom. The van der Waals surface area contributed by atoms with Gasteiger partial charge in [0.1, 0.15) is 11.3 Å². The van der Waals surface area contributed by atoms with Gasteiger partial charge in [-0.05, 0) is 0 Å². The SMILES string of the molecule is CNc1nc(Oc2cncc(Cl)c2)c2[nH]cnc2n1. The summed E-state index contributed by atoms with van der Waals surface area (Å²) in [4.78, 5) is 19.4. The number of nitrogens with zero attached hydrogens (tertiary/aromatic N) is 4. The van der Waals surface area contributed by atoms with Gasteiger partial charge in [0.2, 0.25) is 5.95 Å². The number of nitrogens with one attached hydrogen (secondary N) is 2. The van der Waals surface area contributed by atoms with Crippen LogP contribution in [0.4, 0.5) is 5.95 Å². The molecule has 0 aliphatic rings. The fourth-order valence-electron chi connectivity index (χ4n) is 1.55. The van der Waals surface area contributed by atoms with Gasteiger partial charge < -0.3 is 15.0 Å². The highest BCUT2D eigenvalue weighted by atomic mass is 35.5. The smallest absolute Gasteiger partial charge is 0.250 e. The van der Waals surface area contributed by atoms with Gasteiger partial charge in [-0.2, -0.15) is 9.97 Å². The van der Waals surface area contributed by atoms with Crippen molar-refractivity contribution in [1.29, 1.82) is 0 Å². The minimum atomic E-state index is 0.357. The molecule has 19 heavy (non-hydrogen) atoms. The van der Waals surface area contributed by atoms with Gasteiger partial charge in [-0.3, -0.25) is 4.98 Å². The summed E-state index contributed by atoms with van der Waals surface area (Å²) in [6.07, 6.45) is 4.61. The lowest BCUT2D eigenvalue weighted by Gasteiger charge is -2.06. The van der Waals surface area contributed by atoms with E-state index in [1.54, 1.807) is 19.3 Å². The average molecular weight is 277 g/mol. The van der Waals surface area contributed by atoms with Crippen molar-refractivity contribution in [2.45, 2.75) is 0 Å². The Bertz CT molecular complexity index is 728. The third kappa shape index (κ3) is 2.27. The fourth-order valence-corrected chi connectivity index (χ4v) is 1.72.